The van der Waals surface area contributed by atoms with Crippen LogP contribution in [0.5, 0.6) is 0 Å². The lowest BCUT2D eigenvalue weighted by atomic mass is 9.80. The van der Waals surface area contributed by atoms with E-state index in [0.29, 0.717) is 5.56 Å². The van der Waals surface area contributed by atoms with E-state index in [-0.39, 0.29) is 29.7 Å². The van der Waals surface area contributed by atoms with E-state index >= 15 is 0 Å². The number of hydrogen-bond acceptors (Lipinski definition) is 4. The summed E-state index contributed by atoms with van der Waals surface area (Å²) in [6.07, 6.45) is 7.21. The Morgan fingerprint density at radius 3 is 2.91 bits per heavy atom. The predicted octanol–water partition coefficient (Wildman–Crippen LogP) is 2.11. The van der Waals surface area contributed by atoms with E-state index in [9.17, 15) is 9.90 Å². The van der Waals surface area contributed by atoms with Crippen LogP contribution < -0.4 is 0 Å². The van der Waals surface area contributed by atoms with Crippen molar-refractivity contribution in [2.45, 2.75) is 50.7 Å². The Bertz CT molecular complexity index is 596. The number of nitrogens with zero attached hydrogens (tertiary/aromatic N) is 3. The summed E-state index contributed by atoms with van der Waals surface area (Å²) in [6, 6.07) is 5.31. The first-order valence-corrected chi connectivity index (χ1v) is 8.06. The first-order valence-electron chi connectivity index (χ1n) is 8.06. The lowest BCUT2D eigenvalue weighted by Crippen LogP contribution is -2.45. The van der Waals surface area contributed by atoms with E-state index in [0.717, 1.165) is 45.1 Å². The van der Waals surface area contributed by atoms with Gasteiger partial charge in [-0.1, -0.05) is 12.8 Å². The van der Waals surface area contributed by atoms with Crippen LogP contribution >= 0.6 is 0 Å². The second-order valence-corrected chi connectivity index (χ2v) is 6.27. The number of pyridine rings is 1. The predicted molar refractivity (Wildman–Crippen MR) is 81.0 cm³/mol. The Kier molecular flexibility index (Phi) is 4.39. The summed E-state index contributed by atoms with van der Waals surface area (Å²) in [7, 11) is 0. The number of hydrogen-bond donors (Lipinski definition) is 1. The normalized spacial score (nSPS) is 28.4. The van der Waals surface area contributed by atoms with Crippen LogP contribution in [0, 0.1) is 17.2 Å². The van der Waals surface area contributed by atoms with Gasteiger partial charge in [0.25, 0.3) is 5.91 Å². The first-order chi connectivity index (χ1) is 10.7. The fraction of sp³-hybridized carbons (Fsp3) is 0.588. The van der Waals surface area contributed by atoms with Gasteiger partial charge in [0.1, 0.15) is 11.8 Å². The average molecular weight is 299 g/mol. The number of aromatic nitrogens is 1. The van der Waals surface area contributed by atoms with Crippen molar-refractivity contribution in [3.05, 3.63) is 29.6 Å². The standard InChI is InChI=1S/C17H21N3O2/c18-11-13-10-12(7-8-19-13)17(22)20-9-3-5-15(20)14-4-1-2-6-16(14)21/h7-8,10,14-16,21H,1-6,9H2/t14-,15+,16+/m0/s1. The highest BCUT2D eigenvalue weighted by molar-refractivity contribution is 5.94. The van der Waals surface area contributed by atoms with Gasteiger partial charge in [-0.05, 0) is 37.8 Å². The number of likely N-dealkylation sites (tertiary alicyclic amines) is 1. The van der Waals surface area contributed by atoms with E-state index in [1.807, 2.05) is 11.0 Å². The van der Waals surface area contributed by atoms with Gasteiger partial charge in [0.2, 0.25) is 0 Å². The maximum Gasteiger partial charge on any atom is 0.254 e. The monoisotopic (exact) mass is 299 g/mol. The molecule has 0 spiro atoms. The molecule has 22 heavy (non-hydrogen) atoms. The third-order valence-corrected chi connectivity index (χ3v) is 4.96. The highest BCUT2D eigenvalue weighted by atomic mass is 16.3. The van der Waals surface area contributed by atoms with E-state index < -0.39 is 0 Å². The number of amides is 1. The summed E-state index contributed by atoms with van der Waals surface area (Å²) in [4.78, 5) is 18.6. The number of aliphatic hydroxyl groups is 1. The zero-order valence-electron chi connectivity index (χ0n) is 12.6. The summed E-state index contributed by atoms with van der Waals surface area (Å²) >= 11 is 0. The Morgan fingerprint density at radius 1 is 1.32 bits per heavy atom. The molecular formula is C17H21N3O2. The molecule has 0 aromatic carbocycles. The molecule has 2 heterocycles. The third kappa shape index (κ3) is 2.84. The van der Waals surface area contributed by atoms with E-state index in [2.05, 4.69) is 4.98 Å². The molecule has 1 saturated heterocycles. The maximum atomic E-state index is 12.8. The molecule has 1 aliphatic carbocycles. The molecule has 1 aromatic heterocycles. The summed E-state index contributed by atoms with van der Waals surface area (Å²) in [5.74, 6) is 0.150. The largest absolute Gasteiger partial charge is 0.393 e. The maximum absolute atomic E-state index is 12.8. The van der Waals surface area contributed by atoms with Crippen molar-refractivity contribution in [3.8, 4) is 6.07 Å². The van der Waals surface area contributed by atoms with E-state index in [1.54, 1.807) is 12.1 Å². The highest BCUT2D eigenvalue weighted by Crippen LogP contribution is 2.35. The smallest absolute Gasteiger partial charge is 0.254 e. The topological polar surface area (TPSA) is 77.2 Å². The Labute approximate surface area is 130 Å². The molecule has 1 aliphatic heterocycles. The number of rotatable bonds is 2. The summed E-state index contributed by atoms with van der Waals surface area (Å²) in [6.45, 7) is 0.733. The quantitative estimate of drug-likeness (QED) is 0.907. The third-order valence-electron chi connectivity index (χ3n) is 4.96. The van der Waals surface area contributed by atoms with E-state index in [1.165, 1.54) is 6.20 Å². The van der Waals surface area contributed by atoms with Crippen LogP contribution in [-0.2, 0) is 0 Å². The molecule has 5 nitrogen and oxygen atoms in total. The number of carbonyl (C=O) groups is 1. The lowest BCUT2D eigenvalue weighted by Gasteiger charge is -2.37. The van der Waals surface area contributed by atoms with Gasteiger partial charge < -0.3 is 10.0 Å². The summed E-state index contributed by atoms with van der Waals surface area (Å²) in [5, 5.41) is 19.2. The minimum Gasteiger partial charge on any atom is -0.393 e. The van der Waals surface area contributed by atoms with Crippen molar-refractivity contribution >= 4 is 5.91 Å². The minimum atomic E-state index is -0.292. The van der Waals surface area contributed by atoms with Crippen molar-refractivity contribution in [1.82, 2.24) is 9.88 Å². The molecule has 5 heteroatoms. The van der Waals surface area contributed by atoms with Gasteiger partial charge in [0.15, 0.2) is 0 Å². The first kappa shape index (κ1) is 15.0. The molecule has 0 bridgehead atoms. The second kappa shape index (κ2) is 6.45. The van der Waals surface area contributed by atoms with Crippen molar-refractivity contribution in [1.29, 1.82) is 5.26 Å². The summed E-state index contributed by atoms with van der Waals surface area (Å²) in [5.41, 5.74) is 0.781. The molecule has 2 aliphatic rings. The van der Waals surface area contributed by atoms with Gasteiger partial charge >= 0.3 is 0 Å². The molecule has 116 valence electrons. The van der Waals surface area contributed by atoms with Gasteiger partial charge in [0.05, 0.1) is 6.10 Å². The molecule has 3 rings (SSSR count). The molecule has 0 unspecified atom stereocenters. The van der Waals surface area contributed by atoms with Crippen molar-refractivity contribution in [2.24, 2.45) is 5.92 Å². The van der Waals surface area contributed by atoms with E-state index in [4.69, 9.17) is 5.26 Å². The summed E-state index contributed by atoms with van der Waals surface area (Å²) < 4.78 is 0. The zero-order valence-corrected chi connectivity index (χ0v) is 12.6. The van der Waals surface area contributed by atoms with Crippen LogP contribution in [0.15, 0.2) is 18.3 Å². The SMILES string of the molecule is N#Cc1cc(C(=O)N2CCC[C@@H]2[C@@H]2CCCC[C@H]2O)ccn1. The van der Waals surface area contributed by atoms with Gasteiger partial charge in [-0.2, -0.15) is 5.26 Å². The minimum absolute atomic E-state index is 0.0424. The van der Waals surface area contributed by atoms with Crippen LogP contribution in [0.1, 0.15) is 54.6 Å². The molecular weight excluding hydrogens is 278 g/mol. The lowest BCUT2D eigenvalue weighted by molar-refractivity contribution is 0.0211. The number of aliphatic hydroxyl groups excluding tert-OH is 1. The van der Waals surface area contributed by atoms with Gasteiger partial charge in [-0.15, -0.1) is 0 Å². The van der Waals surface area contributed by atoms with Crippen molar-refractivity contribution in [2.75, 3.05) is 6.54 Å². The van der Waals surface area contributed by atoms with Crippen LogP contribution in [-0.4, -0.2) is 39.6 Å². The van der Waals surface area contributed by atoms with Gasteiger partial charge in [-0.25, -0.2) is 4.98 Å². The highest BCUT2D eigenvalue weighted by Gasteiger charge is 2.39. The number of nitriles is 1. The Morgan fingerprint density at radius 2 is 2.14 bits per heavy atom. The molecule has 0 radical (unpaired) electrons. The van der Waals surface area contributed by atoms with Crippen molar-refractivity contribution in [3.63, 3.8) is 0 Å². The second-order valence-electron chi connectivity index (χ2n) is 6.27. The molecule has 1 aromatic rings. The van der Waals surface area contributed by atoms with Crippen LogP contribution in [0.3, 0.4) is 0 Å². The van der Waals surface area contributed by atoms with Crippen LogP contribution in [0.4, 0.5) is 0 Å². The van der Waals surface area contributed by atoms with Gasteiger partial charge in [0, 0.05) is 30.3 Å². The Hall–Kier alpha value is -1.93. The Balaban J connectivity index is 1.80. The average Bonchev–Trinajstić information content (AvgIpc) is 3.04. The zero-order chi connectivity index (χ0) is 15.5. The van der Waals surface area contributed by atoms with Crippen molar-refractivity contribution < 1.29 is 9.90 Å². The van der Waals surface area contributed by atoms with Crippen LogP contribution in [0.25, 0.3) is 0 Å². The fourth-order valence-electron chi connectivity index (χ4n) is 3.87. The molecule has 1 saturated carbocycles. The molecule has 2 fully saturated rings. The molecule has 3 atom stereocenters. The molecule has 1 amide bonds. The molecule has 1 N–H and O–H groups in total. The van der Waals surface area contributed by atoms with Gasteiger partial charge in [-0.3, -0.25) is 4.79 Å². The van der Waals surface area contributed by atoms with Crippen LogP contribution in [0.2, 0.25) is 0 Å². The fourth-order valence-corrected chi connectivity index (χ4v) is 3.87. The number of carbonyl (C=O) groups excluding carboxylic acids is 1.